The fraction of sp³-hybridized carbons (Fsp3) is 0.0526. The highest BCUT2D eigenvalue weighted by Gasteiger charge is 2.13. The molecule has 0 radical (unpaired) electrons. The lowest BCUT2D eigenvalue weighted by Crippen LogP contribution is -1.96. The molecule has 0 bridgehead atoms. The lowest BCUT2D eigenvalue weighted by molar-refractivity contribution is 0.475. The van der Waals surface area contributed by atoms with Crippen molar-refractivity contribution in [2.45, 2.75) is 6.92 Å². The fourth-order valence-corrected chi connectivity index (χ4v) is 2.88. The number of aromatic nitrogens is 1. The van der Waals surface area contributed by atoms with Crippen LogP contribution in [0.3, 0.4) is 0 Å². The molecule has 0 atom stereocenters. The number of phenols is 1. The molecule has 0 unspecified atom stereocenters. The second kappa shape index (κ2) is 6.23. The number of halogens is 1. The van der Waals surface area contributed by atoms with E-state index in [1.807, 2.05) is 37.3 Å². The average molecular weight is 365 g/mol. The van der Waals surface area contributed by atoms with E-state index < -0.39 is 0 Å². The van der Waals surface area contributed by atoms with E-state index in [4.69, 9.17) is 0 Å². The van der Waals surface area contributed by atoms with Gasteiger partial charge in [0.25, 0.3) is 0 Å². The second-order valence-corrected chi connectivity index (χ2v) is 6.10. The third-order valence-corrected chi connectivity index (χ3v) is 4.10. The molecule has 1 heterocycles. The van der Waals surface area contributed by atoms with Gasteiger partial charge in [0, 0.05) is 15.6 Å². The van der Waals surface area contributed by atoms with Crippen LogP contribution < -0.4 is 0 Å². The molecule has 0 saturated carbocycles. The van der Waals surface area contributed by atoms with Crippen molar-refractivity contribution in [2.24, 2.45) is 0 Å². The van der Waals surface area contributed by atoms with Gasteiger partial charge < -0.3 is 5.11 Å². The molecule has 2 aromatic carbocycles. The molecule has 0 aliphatic rings. The first-order chi connectivity index (χ1) is 11.1. The Kier molecular flexibility index (Phi) is 4.14. The van der Waals surface area contributed by atoms with E-state index in [0.29, 0.717) is 11.3 Å². The summed E-state index contributed by atoms with van der Waals surface area (Å²) in [6.45, 7) is 1.84. The Labute approximate surface area is 143 Å². The van der Waals surface area contributed by atoms with Gasteiger partial charge in [0.05, 0.1) is 17.0 Å². The summed E-state index contributed by atoms with van der Waals surface area (Å²) in [5.74, 6) is 0.199. The van der Waals surface area contributed by atoms with E-state index in [2.05, 4.69) is 27.0 Å². The number of aromatic hydroxyl groups is 1. The minimum Gasteiger partial charge on any atom is -0.508 e. The summed E-state index contributed by atoms with van der Waals surface area (Å²) < 4.78 is 0.977. The topological polar surface area (TPSA) is 56.9 Å². The molecule has 1 N–H and O–H groups in total. The average Bonchev–Trinajstić information content (AvgIpc) is 2.55. The van der Waals surface area contributed by atoms with Crippen LogP contribution in [0.25, 0.3) is 22.4 Å². The number of rotatable bonds is 2. The first kappa shape index (κ1) is 15.3. The maximum atomic E-state index is 9.47. The van der Waals surface area contributed by atoms with Crippen molar-refractivity contribution < 1.29 is 5.11 Å². The molecule has 0 fully saturated rings. The van der Waals surface area contributed by atoms with Gasteiger partial charge in [0.15, 0.2) is 0 Å². The van der Waals surface area contributed by atoms with Crippen molar-refractivity contribution in [1.29, 1.82) is 5.26 Å². The minimum atomic E-state index is 0.199. The summed E-state index contributed by atoms with van der Waals surface area (Å²) in [7, 11) is 0. The number of hydrogen-bond acceptors (Lipinski definition) is 3. The Morgan fingerprint density at radius 1 is 1.04 bits per heavy atom. The van der Waals surface area contributed by atoms with Crippen LogP contribution in [0, 0.1) is 18.3 Å². The molecule has 3 rings (SSSR count). The van der Waals surface area contributed by atoms with Crippen molar-refractivity contribution in [3.63, 3.8) is 0 Å². The van der Waals surface area contributed by atoms with Crippen molar-refractivity contribution in [3.8, 4) is 34.2 Å². The van der Waals surface area contributed by atoms with Crippen LogP contribution in [-0.4, -0.2) is 10.1 Å². The Bertz CT molecular complexity index is 912. The molecule has 1 aromatic heterocycles. The zero-order chi connectivity index (χ0) is 16.4. The van der Waals surface area contributed by atoms with Crippen molar-refractivity contribution in [3.05, 3.63) is 70.3 Å². The van der Waals surface area contributed by atoms with Gasteiger partial charge in [0.2, 0.25) is 0 Å². The molecule has 0 aliphatic heterocycles. The first-order valence-corrected chi connectivity index (χ1v) is 7.85. The SMILES string of the molecule is Cc1nc(-c2cccc(Br)c2)cc(-c2ccc(O)cc2)c1C#N. The Morgan fingerprint density at radius 2 is 1.78 bits per heavy atom. The quantitative estimate of drug-likeness (QED) is 0.690. The molecular weight excluding hydrogens is 352 g/mol. The van der Waals surface area contributed by atoms with Crippen LogP contribution in [0.15, 0.2) is 59.1 Å². The number of nitrogens with zero attached hydrogens (tertiary/aromatic N) is 2. The van der Waals surface area contributed by atoms with Crippen molar-refractivity contribution >= 4 is 15.9 Å². The summed E-state index contributed by atoms with van der Waals surface area (Å²) >= 11 is 3.47. The number of pyridine rings is 1. The van der Waals surface area contributed by atoms with Crippen LogP contribution in [0.2, 0.25) is 0 Å². The molecular formula is C19H13BrN2O. The second-order valence-electron chi connectivity index (χ2n) is 5.18. The van der Waals surface area contributed by atoms with Gasteiger partial charge in [-0.3, -0.25) is 4.98 Å². The minimum absolute atomic E-state index is 0.199. The smallest absolute Gasteiger partial charge is 0.115 e. The van der Waals surface area contributed by atoms with Gasteiger partial charge in [-0.25, -0.2) is 0 Å². The molecule has 3 nitrogen and oxygen atoms in total. The lowest BCUT2D eigenvalue weighted by atomic mass is 9.97. The number of hydrogen-bond donors (Lipinski definition) is 1. The molecule has 112 valence electrons. The third-order valence-electron chi connectivity index (χ3n) is 3.61. The van der Waals surface area contributed by atoms with E-state index in [1.165, 1.54) is 0 Å². The number of benzene rings is 2. The number of aryl methyl sites for hydroxylation is 1. The van der Waals surface area contributed by atoms with Gasteiger partial charge in [0.1, 0.15) is 11.8 Å². The number of phenolic OH excluding ortho intramolecular Hbond substituents is 1. The Hall–Kier alpha value is -2.64. The van der Waals surface area contributed by atoms with Crippen LogP contribution in [-0.2, 0) is 0 Å². The lowest BCUT2D eigenvalue weighted by Gasteiger charge is -2.11. The van der Waals surface area contributed by atoms with E-state index in [1.54, 1.807) is 24.3 Å². The van der Waals surface area contributed by atoms with Gasteiger partial charge >= 0.3 is 0 Å². The van der Waals surface area contributed by atoms with Crippen LogP contribution in [0.4, 0.5) is 0 Å². The predicted octanol–water partition coefficient (Wildman–Crippen LogP) is 5.06. The summed E-state index contributed by atoms with van der Waals surface area (Å²) in [5, 5.41) is 18.9. The maximum Gasteiger partial charge on any atom is 0.115 e. The summed E-state index contributed by atoms with van der Waals surface area (Å²) in [6, 6.07) is 18.9. The number of nitriles is 1. The van der Waals surface area contributed by atoms with Crippen LogP contribution in [0.5, 0.6) is 5.75 Å². The molecule has 0 saturated heterocycles. The molecule has 0 amide bonds. The summed E-state index contributed by atoms with van der Waals surface area (Å²) in [6.07, 6.45) is 0. The van der Waals surface area contributed by atoms with Gasteiger partial charge in [-0.1, -0.05) is 40.2 Å². The highest BCUT2D eigenvalue weighted by Crippen LogP contribution is 2.31. The highest BCUT2D eigenvalue weighted by molar-refractivity contribution is 9.10. The highest BCUT2D eigenvalue weighted by atomic mass is 79.9. The standard InChI is InChI=1S/C19H13BrN2O/c1-12-18(11-21)17(13-5-7-16(23)8-6-13)10-19(22-12)14-3-2-4-15(20)9-14/h2-10,23H,1H3. The molecule has 4 heteroatoms. The van der Waals surface area contributed by atoms with E-state index in [-0.39, 0.29) is 5.75 Å². The normalized spacial score (nSPS) is 10.3. The maximum absolute atomic E-state index is 9.47. The zero-order valence-electron chi connectivity index (χ0n) is 12.4. The summed E-state index contributed by atoms with van der Waals surface area (Å²) in [4.78, 5) is 4.57. The van der Waals surface area contributed by atoms with Gasteiger partial charge in [-0.15, -0.1) is 0 Å². The molecule has 0 aliphatic carbocycles. The Balaban J connectivity index is 2.22. The monoisotopic (exact) mass is 364 g/mol. The first-order valence-electron chi connectivity index (χ1n) is 7.05. The predicted molar refractivity (Wildman–Crippen MR) is 93.9 cm³/mol. The zero-order valence-corrected chi connectivity index (χ0v) is 14.0. The Morgan fingerprint density at radius 3 is 2.43 bits per heavy atom. The van der Waals surface area contributed by atoms with E-state index in [0.717, 1.165) is 26.9 Å². The van der Waals surface area contributed by atoms with Crippen LogP contribution >= 0.6 is 15.9 Å². The van der Waals surface area contributed by atoms with Gasteiger partial charge in [-0.05, 0) is 42.8 Å². The summed E-state index contributed by atoms with van der Waals surface area (Å²) in [5.41, 5.74) is 4.72. The fourth-order valence-electron chi connectivity index (χ4n) is 2.48. The largest absolute Gasteiger partial charge is 0.508 e. The van der Waals surface area contributed by atoms with Crippen molar-refractivity contribution in [2.75, 3.05) is 0 Å². The third kappa shape index (κ3) is 3.10. The molecule has 23 heavy (non-hydrogen) atoms. The molecule has 0 spiro atoms. The van der Waals surface area contributed by atoms with Crippen molar-refractivity contribution in [1.82, 2.24) is 4.98 Å². The van der Waals surface area contributed by atoms with Crippen LogP contribution in [0.1, 0.15) is 11.3 Å². The molecule has 3 aromatic rings. The van der Waals surface area contributed by atoms with E-state index >= 15 is 0 Å². The van der Waals surface area contributed by atoms with E-state index in [9.17, 15) is 10.4 Å². The van der Waals surface area contributed by atoms with Gasteiger partial charge in [-0.2, -0.15) is 5.26 Å².